The third-order valence-corrected chi connectivity index (χ3v) is 5.54. The van der Waals surface area contributed by atoms with E-state index in [2.05, 4.69) is 40.5 Å². The number of likely N-dealkylation sites (tertiary alicyclic amines) is 1. The molecule has 1 aliphatic rings. The standard InChI is InChI=1S/C22H26N4O/c1-14-10-15(2)20-18(11-14)19(12-16(3)24-20)22(27)26-8-5-6-17(13-26)21-23-7-9-25(21)4/h7,9-12,17H,5-6,8,13H2,1-4H3/t17-/m1/s1. The summed E-state index contributed by atoms with van der Waals surface area (Å²) in [4.78, 5) is 24.7. The summed E-state index contributed by atoms with van der Waals surface area (Å²) in [5.74, 6) is 1.46. The van der Waals surface area contributed by atoms with Gasteiger partial charge in [0.05, 0.1) is 11.1 Å². The van der Waals surface area contributed by atoms with Gasteiger partial charge in [0.25, 0.3) is 5.91 Å². The third kappa shape index (κ3) is 3.22. The fraction of sp³-hybridized carbons (Fsp3) is 0.409. The number of fused-ring (bicyclic) bond motifs is 1. The molecule has 140 valence electrons. The van der Waals surface area contributed by atoms with Crippen molar-refractivity contribution in [3.63, 3.8) is 0 Å². The molecule has 0 radical (unpaired) electrons. The minimum Gasteiger partial charge on any atom is -0.338 e. The van der Waals surface area contributed by atoms with E-state index in [1.165, 1.54) is 0 Å². The van der Waals surface area contributed by atoms with Gasteiger partial charge in [0, 0.05) is 49.5 Å². The molecule has 5 nitrogen and oxygen atoms in total. The molecule has 5 heteroatoms. The molecule has 1 amide bonds. The number of aryl methyl sites for hydroxylation is 4. The molecule has 0 spiro atoms. The molecule has 1 aromatic carbocycles. The Morgan fingerprint density at radius 2 is 2.00 bits per heavy atom. The Kier molecular flexibility index (Phi) is 4.46. The van der Waals surface area contributed by atoms with Crippen LogP contribution in [0.2, 0.25) is 0 Å². The number of hydrogen-bond acceptors (Lipinski definition) is 3. The second-order valence-electron chi connectivity index (χ2n) is 7.78. The average Bonchev–Trinajstić information content (AvgIpc) is 3.07. The van der Waals surface area contributed by atoms with E-state index in [9.17, 15) is 4.79 Å². The molecule has 1 saturated heterocycles. The van der Waals surface area contributed by atoms with Crippen molar-refractivity contribution in [1.82, 2.24) is 19.4 Å². The van der Waals surface area contributed by atoms with Crippen molar-refractivity contribution in [3.05, 3.63) is 58.8 Å². The number of benzene rings is 1. The number of piperidine rings is 1. The van der Waals surface area contributed by atoms with Gasteiger partial charge >= 0.3 is 0 Å². The normalized spacial score (nSPS) is 17.5. The first-order chi connectivity index (χ1) is 12.9. The second kappa shape index (κ2) is 6.80. The molecule has 0 N–H and O–H groups in total. The second-order valence-corrected chi connectivity index (χ2v) is 7.78. The molecule has 1 aliphatic heterocycles. The topological polar surface area (TPSA) is 51.0 Å². The Morgan fingerprint density at radius 3 is 2.74 bits per heavy atom. The lowest BCUT2D eigenvalue weighted by Crippen LogP contribution is -2.39. The number of amides is 1. The van der Waals surface area contributed by atoms with Crippen molar-refractivity contribution < 1.29 is 4.79 Å². The number of rotatable bonds is 2. The molecule has 3 aromatic rings. The van der Waals surface area contributed by atoms with Gasteiger partial charge in [-0.05, 0) is 51.3 Å². The first-order valence-corrected chi connectivity index (χ1v) is 9.59. The molecular weight excluding hydrogens is 336 g/mol. The quantitative estimate of drug-likeness (QED) is 0.694. The number of hydrogen-bond donors (Lipinski definition) is 0. The van der Waals surface area contributed by atoms with E-state index in [1.807, 2.05) is 37.3 Å². The Balaban J connectivity index is 1.71. The Labute approximate surface area is 160 Å². The lowest BCUT2D eigenvalue weighted by atomic mass is 9.95. The maximum absolute atomic E-state index is 13.5. The molecule has 2 aromatic heterocycles. The molecule has 27 heavy (non-hydrogen) atoms. The van der Waals surface area contributed by atoms with Crippen LogP contribution in [0.25, 0.3) is 10.9 Å². The fourth-order valence-electron chi connectivity index (χ4n) is 4.30. The monoisotopic (exact) mass is 362 g/mol. The van der Waals surface area contributed by atoms with E-state index in [0.29, 0.717) is 5.92 Å². The van der Waals surface area contributed by atoms with E-state index in [-0.39, 0.29) is 5.91 Å². The summed E-state index contributed by atoms with van der Waals surface area (Å²) in [6.45, 7) is 7.61. The maximum Gasteiger partial charge on any atom is 0.254 e. The number of carbonyl (C=O) groups excluding carboxylic acids is 1. The number of aromatic nitrogens is 3. The molecule has 0 saturated carbocycles. The van der Waals surface area contributed by atoms with Crippen molar-refractivity contribution in [3.8, 4) is 0 Å². The summed E-state index contributed by atoms with van der Waals surface area (Å²) in [5.41, 5.74) is 4.86. The van der Waals surface area contributed by atoms with Gasteiger partial charge < -0.3 is 9.47 Å². The van der Waals surface area contributed by atoms with Crippen molar-refractivity contribution in [1.29, 1.82) is 0 Å². The number of pyridine rings is 1. The zero-order chi connectivity index (χ0) is 19.1. The van der Waals surface area contributed by atoms with Crippen LogP contribution < -0.4 is 0 Å². The van der Waals surface area contributed by atoms with Crippen LogP contribution in [0.1, 0.15) is 51.8 Å². The van der Waals surface area contributed by atoms with Crippen molar-refractivity contribution in [2.24, 2.45) is 7.05 Å². The molecule has 3 heterocycles. The molecule has 1 atom stereocenters. The van der Waals surface area contributed by atoms with Gasteiger partial charge in [-0.25, -0.2) is 4.98 Å². The van der Waals surface area contributed by atoms with Crippen LogP contribution in [0.15, 0.2) is 30.6 Å². The Bertz CT molecular complexity index is 1020. The largest absolute Gasteiger partial charge is 0.338 e. The Morgan fingerprint density at radius 1 is 1.19 bits per heavy atom. The van der Waals surface area contributed by atoms with E-state index < -0.39 is 0 Å². The fourth-order valence-corrected chi connectivity index (χ4v) is 4.30. The van der Waals surface area contributed by atoms with Gasteiger partial charge in [-0.2, -0.15) is 0 Å². The molecular formula is C22H26N4O. The smallest absolute Gasteiger partial charge is 0.254 e. The lowest BCUT2D eigenvalue weighted by molar-refractivity contribution is 0.0705. The summed E-state index contributed by atoms with van der Waals surface area (Å²) in [6.07, 6.45) is 5.88. The highest BCUT2D eigenvalue weighted by molar-refractivity contribution is 6.07. The summed E-state index contributed by atoms with van der Waals surface area (Å²) < 4.78 is 2.07. The number of nitrogens with zero attached hydrogens (tertiary/aromatic N) is 4. The predicted molar refractivity (Wildman–Crippen MR) is 107 cm³/mol. The lowest BCUT2D eigenvalue weighted by Gasteiger charge is -2.33. The van der Waals surface area contributed by atoms with Crippen LogP contribution in [0.3, 0.4) is 0 Å². The van der Waals surface area contributed by atoms with Gasteiger partial charge in [0.1, 0.15) is 5.82 Å². The molecule has 1 fully saturated rings. The summed E-state index contributed by atoms with van der Waals surface area (Å²) >= 11 is 0. The summed E-state index contributed by atoms with van der Waals surface area (Å²) in [7, 11) is 2.02. The van der Waals surface area contributed by atoms with Crippen LogP contribution in [0.4, 0.5) is 0 Å². The highest BCUT2D eigenvalue weighted by atomic mass is 16.2. The van der Waals surface area contributed by atoms with E-state index in [4.69, 9.17) is 0 Å². The zero-order valence-corrected chi connectivity index (χ0v) is 16.5. The van der Waals surface area contributed by atoms with Crippen LogP contribution in [-0.4, -0.2) is 38.4 Å². The molecule has 4 rings (SSSR count). The van der Waals surface area contributed by atoms with Crippen molar-refractivity contribution in [2.45, 2.75) is 39.5 Å². The minimum atomic E-state index is 0.106. The Hall–Kier alpha value is -2.69. The van der Waals surface area contributed by atoms with Gasteiger partial charge in [-0.15, -0.1) is 0 Å². The maximum atomic E-state index is 13.5. The van der Waals surface area contributed by atoms with Crippen LogP contribution in [0, 0.1) is 20.8 Å². The predicted octanol–water partition coefficient (Wildman–Crippen LogP) is 3.91. The number of imidazole rings is 1. The first-order valence-electron chi connectivity index (χ1n) is 9.59. The van der Waals surface area contributed by atoms with Crippen LogP contribution >= 0.6 is 0 Å². The first kappa shape index (κ1) is 17.7. The van der Waals surface area contributed by atoms with Crippen LogP contribution in [-0.2, 0) is 7.05 Å². The van der Waals surface area contributed by atoms with E-state index in [1.54, 1.807) is 0 Å². The average molecular weight is 362 g/mol. The van der Waals surface area contributed by atoms with Gasteiger partial charge in [-0.1, -0.05) is 11.6 Å². The highest BCUT2D eigenvalue weighted by Crippen LogP contribution is 2.29. The van der Waals surface area contributed by atoms with Gasteiger partial charge in [-0.3, -0.25) is 9.78 Å². The van der Waals surface area contributed by atoms with E-state index >= 15 is 0 Å². The zero-order valence-electron chi connectivity index (χ0n) is 16.5. The minimum absolute atomic E-state index is 0.106. The molecule has 0 bridgehead atoms. The van der Waals surface area contributed by atoms with E-state index in [0.717, 1.165) is 65.0 Å². The van der Waals surface area contributed by atoms with Crippen LogP contribution in [0.5, 0.6) is 0 Å². The molecule has 0 aliphatic carbocycles. The summed E-state index contributed by atoms with van der Waals surface area (Å²) in [6, 6.07) is 6.15. The SMILES string of the molecule is Cc1cc(C)c2nc(C)cc(C(=O)N3CCC[C@@H](c4nccn4C)C3)c2c1. The number of carbonyl (C=O) groups is 1. The molecule has 0 unspecified atom stereocenters. The third-order valence-electron chi connectivity index (χ3n) is 5.54. The van der Waals surface area contributed by atoms with Gasteiger partial charge in [0.2, 0.25) is 0 Å². The van der Waals surface area contributed by atoms with Gasteiger partial charge in [0.15, 0.2) is 0 Å². The van der Waals surface area contributed by atoms with Crippen molar-refractivity contribution in [2.75, 3.05) is 13.1 Å². The summed E-state index contributed by atoms with van der Waals surface area (Å²) in [5, 5.41) is 0.960. The highest BCUT2D eigenvalue weighted by Gasteiger charge is 2.28. The van der Waals surface area contributed by atoms with Crippen molar-refractivity contribution >= 4 is 16.8 Å².